The van der Waals surface area contributed by atoms with Crippen molar-refractivity contribution in [2.75, 3.05) is 14.2 Å². The number of esters is 1. The second-order valence-electron chi connectivity index (χ2n) is 6.47. The highest BCUT2D eigenvalue weighted by Crippen LogP contribution is 2.40. The molecule has 1 N–H and O–H groups in total. The van der Waals surface area contributed by atoms with Crippen LogP contribution in [0, 0.1) is 0 Å². The molecule has 0 amide bonds. The van der Waals surface area contributed by atoms with E-state index in [2.05, 4.69) is 13.8 Å². The van der Waals surface area contributed by atoms with Crippen LogP contribution < -0.4 is 4.74 Å². The Kier molecular flexibility index (Phi) is 5.59. The summed E-state index contributed by atoms with van der Waals surface area (Å²) in [5.41, 5.74) is 1.52. The topological polar surface area (TPSA) is 55.8 Å². The number of carbonyl (C=O) groups excluding carboxylic acids is 1. The highest BCUT2D eigenvalue weighted by Gasteiger charge is 2.37. The maximum absolute atomic E-state index is 11.6. The van der Waals surface area contributed by atoms with E-state index >= 15 is 0 Å². The van der Waals surface area contributed by atoms with Crippen molar-refractivity contribution in [1.82, 2.24) is 0 Å². The Labute approximate surface area is 128 Å². The van der Waals surface area contributed by atoms with E-state index < -0.39 is 14.3 Å². The third kappa shape index (κ3) is 4.31. The van der Waals surface area contributed by atoms with Crippen LogP contribution in [0.4, 0.5) is 0 Å². The molecule has 1 aromatic carbocycles. The number of carbonyl (C=O) groups is 1. The summed E-state index contributed by atoms with van der Waals surface area (Å²) in [6.45, 7) is 8.15. The highest BCUT2D eigenvalue weighted by atomic mass is 28.4. The van der Waals surface area contributed by atoms with Crippen LogP contribution in [-0.2, 0) is 11.2 Å². The Bertz CT molecular complexity index is 503. The molecule has 0 bridgehead atoms. The third-order valence-corrected chi connectivity index (χ3v) is 7.93. The van der Waals surface area contributed by atoms with Crippen LogP contribution in [-0.4, -0.2) is 33.3 Å². The van der Waals surface area contributed by atoms with E-state index in [0.717, 1.165) is 18.4 Å². The van der Waals surface area contributed by atoms with Gasteiger partial charge >= 0.3 is 5.97 Å². The maximum atomic E-state index is 11.6. The Morgan fingerprint density at radius 2 is 1.90 bits per heavy atom. The summed E-state index contributed by atoms with van der Waals surface area (Å²) in [6, 6.07) is 5.51. The van der Waals surface area contributed by atoms with E-state index in [9.17, 15) is 9.59 Å². The van der Waals surface area contributed by atoms with Gasteiger partial charge in [-0.1, -0.05) is 19.9 Å². The van der Waals surface area contributed by atoms with Crippen molar-refractivity contribution in [1.29, 1.82) is 0 Å². The van der Waals surface area contributed by atoms with Gasteiger partial charge in [0, 0.05) is 0 Å². The molecule has 1 aromatic rings. The van der Waals surface area contributed by atoms with Gasteiger partial charge in [-0.15, -0.1) is 0 Å². The summed E-state index contributed by atoms with van der Waals surface area (Å²) < 4.78 is 10.00. The molecule has 0 fully saturated rings. The number of hydrogen-bond donors (Lipinski definition) is 1. The van der Waals surface area contributed by atoms with Gasteiger partial charge in [-0.3, -0.25) is 0 Å². The predicted octanol–water partition coefficient (Wildman–Crippen LogP) is 3.39. The fourth-order valence-corrected chi connectivity index (χ4v) is 2.67. The molecule has 0 radical (unpaired) electrons. The fraction of sp³-hybridized carbons (Fsp3) is 0.562. The third-order valence-electron chi connectivity index (χ3n) is 4.37. The first-order valence-electron chi connectivity index (χ1n) is 7.10. The molecule has 0 saturated carbocycles. The van der Waals surface area contributed by atoms with Gasteiger partial charge in [0.25, 0.3) is 0 Å². The van der Waals surface area contributed by atoms with Crippen molar-refractivity contribution in [2.45, 2.75) is 44.8 Å². The maximum Gasteiger partial charge on any atom is 0.341 e. The predicted molar refractivity (Wildman–Crippen MR) is 86.4 cm³/mol. The van der Waals surface area contributed by atoms with Gasteiger partial charge in [0.05, 0.1) is 14.2 Å². The standard InChI is InChI=1S/C16H26O4Si/c1-16(2,21(5,6)18)10-9-12-7-8-13(15(17)20-4)14(11-12)19-3/h7-8,11,18H,9-10H2,1-6H3. The number of benzene rings is 1. The normalized spacial score (nSPS) is 12.1. The van der Waals surface area contributed by atoms with Crippen LogP contribution in [0.15, 0.2) is 18.2 Å². The Morgan fingerprint density at radius 1 is 1.29 bits per heavy atom. The van der Waals surface area contributed by atoms with Gasteiger partial charge in [0.1, 0.15) is 11.3 Å². The van der Waals surface area contributed by atoms with E-state index in [1.165, 1.54) is 7.11 Å². The molecule has 21 heavy (non-hydrogen) atoms. The van der Waals surface area contributed by atoms with Crippen LogP contribution in [0.1, 0.15) is 36.2 Å². The van der Waals surface area contributed by atoms with Crippen molar-refractivity contribution in [3.63, 3.8) is 0 Å². The van der Waals surface area contributed by atoms with Gasteiger partial charge in [-0.05, 0) is 48.7 Å². The molecule has 0 aliphatic heterocycles. The summed E-state index contributed by atoms with van der Waals surface area (Å²) in [4.78, 5) is 21.9. The van der Waals surface area contributed by atoms with E-state index in [1.54, 1.807) is 13.2 Å². The Morgan fingerprint density at radius 3 is 2.38 bits per heavy atom. The SMILES string of the molecule is COC(=O)c1ccc(CCC(C)(C)[Si](C)(C)O)cc1OC. The number of aryl methyl sites for hydroxylation is 1. The lowest BCUT2D eigenvalue weighted by Crippen LogP contribution is -2.39. The van der Waals surface area contributed by atoms with Crippen LogP contribution in [0.3, 0.4) is 0 Å². The summed E-state index contributed by atoms with van der Waals surface area (Å²) >= 11 is 0. The minimum atomic E-state index is -2.20. The van der Waals surface area contributed by atoms with Gasteiger partial charge in [0.15, 0.2) is 8.32 Å². The van der Waals surface area contributed by atoms with Gasteiger partial charge < -0.3 is 14.3 Å². The number of hydrogen-bond acceptors (Lipinski definition) is 4. The first-order valence-corrected chi connectivity index (χ1v) is 10.0. The Hall–Kier alpha value is -1.33. The molecule has 0 heterocycles. The highest BCUT2D eigenvalue weighted by molar-refractivity contribution is 6.72. The largest absolute Gasteiger partial charge is 0.496 e. The molecule has 118 valence electrons. The lowest BCUT2D eigenvalue weighted by Gasteiger charge is -2.35. The first-order chi connectivity index (χ1) is 9.62. The average Bonchev–Trinajstić information content (AvgIpc) is 2.42. The molecule has 0 saturated heterocycles. The minimum Gasteiger partial charge on any atom is -0.496 e. The average molecular weight is 310 g/mol. The Balaban J connectivity index is 2.90. The molecule has 0 aromatic heterocycles. The second-order valence-corrected chi connectivity index (χ2v) is 10.9. The van der Waals surface area contributed by atoms with Crippen molar-refractivity contribution in [2.24, 2.45) is 0 Å². The quantitative estimate of drug-likeness (QED) is 0.646. The lowest BCUT2D eigenvalue weighted by molar-refractivity contribution is 0.0597. The van der Waals surface area contributed by atoms with E-state index in [0.29, 0.717) is 11.3 Å². The smallest absolute Gasteiger partial charge is 0.341 e. The lowest BCUT2D eigenvalue weighted by atomic mass is 10.00. The molecule has 0 aliphatic carbocycles. The molecule has 5 heteroatoms. The van der Waals surface area contributed by atoms with E-state index in [1.807, 2.05) is 25.2 Å². The van der Waals surface area contributed by atoms with Crippen molar-refractivity contribution in [3.8, 4) is 5.75 Å². The van der Waals surface area contributed by atoms with Gasteiger partial charge in [0.2, 0.25) is 0 Å². The summed E-state index contributed by atoms with van der Waals surface area (Å²) in [5, 5.41) is -0.0682. The van der Waals surface area contributed by atoms with Crippen LogP contribution in [0.25, 0.3) is 0 Å². The molecule has 0 unspecified atom stereocenters. The zero-order chi connectivity index (χ0) is 16.3. The van der Waals surface area contributed by atoms with Crippen LogP contribution >= 0.6 is 0 Å². The molecule has 0 atom stereocenters. The second kappa shape index (κ2) is 6.62. The molecular formula is C16H26O4Si. The van der Waals surface area contributed by atoms with Crippen LogP contribution in [0.2, 0.25) is 18.1 Å². The first kappa shape index (κ1) is 17.7. The van der Waals surface area contributed by atoms with E-state index in [-0.39, 0.29) is 5.04 Å². The minimum absolute atomic E-state index is 0.0682. The zero-order valence-corrected chi connectivity index (χ0v) is 14.8. The molecule has 4 nitrogen and oxygen atoms in total. The van der Waals surface area contributed by atoms with Gasteiger partial charge in [-0.25, -0.2) is 4.79 Å². The molecule has 0 aliphatic rings. The number of ether oxygens (including phenoxy) is 2. The summed E-state index contributed by atoms with van der Waals surface area (Å²) in [5.74, 6) is 0.125. The number of rotatable bonds is 6. The van der Waals surface area contributed by atoms with Crippen molar-refractivity contribution in [3.05, 3.63) is 29.3 Å². The fourth-order valence-electron chi connectivity index (χ4n) is 1.93. The molecule has 1 rings (SSSR count). The van der Waals surface area contributed by atoms with Crippen LogP contribution in [0.5, 0.6) is 5.75 Å². The molecular weight excluding hydrogens is 284 g/mol. The van der Waals surface area contributed by atoms with Crippen molar-refractivity contribution < 1.29 is 19.1 Å². The van der Waals surface area contributed by atoms with Gasteiger partial charge in [-0.2, -0.15) is 0 Å². The molecule has 0 spiro atoms. The number of methoxy groups -OCH3 is 2. The monoisotopic (exact) mass is 310 g/mol. The zero-order valence-electron chi connectivity index (χ0n) is 13.8. The van der Waals surface area contributed by atoms with Crippen molar-refractivity contribution >= 4 is 14.3 Å². The summed E-state index contributed by atoms with van der Waals surface area (Å²) in [7, 11) is 0.694. The van der Waals surface area contributed by atoms with E-state index in [4.69, 9.17) is 9.47 Å². The summed E-state index contributed by atoms with van der Waals surface area (Å²) in [6.07, 6.45) is 1.73.